The highest BCUT2D eigenvalue weighted by molar-refractivity contribution is 5.37. The van der Waals surface area contributed by atoms with Crippen molar-refractivity contribution in [3.05, 3.63) is 46.8 Å². The van der Waals surface area contributed by atoms with Crippen LogP contribution in [0.15, 0.2) is 24.3 Å². The van der Waals surface area contributed by atoms with Crippen molar-refractivity contribution in [3.63, 3.8) is 0 Å². The Morgan fingerprint density at radius 1 is 1.24 bits per heavy atom. The van der Waals surface area contributed by atoms with Crippen molar-refractivity contribution in [3.8, 4) is 5.75 Å². The van der Waals surface area contributed by atoms with E-state index in [-0.39, 0.29) is 0 Å². The van der Waals surface area contributed by atoms with Crippen molar-refractivity contribution in [2.24, 2.45) is 0 Å². The van der Waals surface area contributed by atoms with Crippen LogP contribution in [0.4, 0.5) is 0 Å². The molecule has 4 heteroatoms. The monoisotopic (exact) mass is 287 g/mol. The quantitative estimate of drug-likeness (QED) is 0.887. The molecule has 1 aromatic heterocycles. The molecule has 0 aliphatic rings. The number of benzene rings is 1. The summed E-state index contributed by atoms with van der Waals surface area (Å²) < 4.78 is 7.50. The molecule has 1 heterocycles. The molecule has 0 unspecified atom stereocenters. The van der Waals surface area contributed by atoms with Gasteiger partial charge in [0, 0.05) is 23.8 Å². The van der Waals surface area contributed by atoms with E-state index in [9.17, 15) is 0 Å². The van der Waals surface area contributed by atoms with E-state index >= 15 is 0 Å². The summed E-state index contributed by atoms with van der Waals surface area (Å²) >= 11 is 0. The Bertz CT molecular complexity index is 602. The van der Waals surface area contributed by atoms with Crippen molar-refractivity contribution in [1.82, 2.24) is 15.1 Å². The number of hydrogen-bond donors (Lipinski definition) is 1. The highest BCUT2D eigenvalue weighted by Gasteiger charge is 2.08. The van der Waals surface area contributed by atoms with E-state index in [4.69, 9.17) is 4.74 Å². The maximum Gasteiger partial charge on any atom is 0.123 e. The molecule has 4 nitrogen and oxygen atoms in total. The lowest BCUT2D eigenvalue weighted by Gasteiger charge is -2.13. The predicted octanol–water partition coefficient (Wildman–Crippen LogP) is 3.05. The topological polar surface area (TPSA) is 39.1 Å². The van der Waals surface area contributed by atoms with E-state index in [0.29, 0.717) is 6.04 Å². The van der Waals surface area contributed by atoms with Crippen molar-refractivity contribution < 1.29 is 4.74 Å². The van der Waals surface area contributed by atoms with Gasteiger partial charge in [-0.15, -0.1) is 0 Å². The third-order valence-electron chi connectivity index (χ3n) is 3.48. The van der Waals surface area contributed by atoms with Gasteiger partial charge in [0.1, 0.15) is 5.75 Å². The summed E-state index contributed by atoms with van der Waals surface area (Å²) in [6, 6.07) is 8.92. The number of aryl methyl sites for hydroxylation is 2. The highest BCUT2D eigenvalue weighted by Crippen LogP contribution is 2.21. The summed E-state index contributed by atoms with van der Waals surface area (Å²) in [7, 11) is 1.71. The summed E-state index contributed by atoms with van der Waals surface area (Å²) in [4.78, 5) is 0. The second-order valence-electron chi connectivity index (χ2n) is 5.77. The van der Waals surface area contributed by atoms with Crippen molar-refractivity contribution in [2.45, 2.75) is 46.8 Å². The number of nitrogens with zero attached hydrogens (tertiary/aromatic N) is 2. The SMILES string of the molecule is COc1ccc(CNC(C)C)cc1Cn1nc(C)cc1C. The molecule has 1 N–H and O–H groups in total. The van der Waals surface area contributed by atoms with Gasteiger partial charge in [0.25, 0.3) is 0 Å². The van der Waals surface area contributed by atoms with Gasteiger partial charge < -0.3 is 10.1 Å². The number of ether oxygens (including phenoxy) is 1. The van der Waals surface area contributed by atoms with Crippen molar-refractivity contribution >= 4 is 0 Å². The molecule has 0 atom stereocenters. The largest absolute Gasteiger partial charge is 0.496 e. The average Bonchev–Trinajstić information content (AvgIpc) is 2.75. The fourth-order valence-electron chi connectivity index (χ4n) is 2.38. The summed E-state index contributed by atoms with van der Waals surface area (Å²) in [6.45, 7) is 10.0. The standard InChI is InChI=1S/C17H25N3O/c1-12(2)18-10-15-6-7-17(21-5)16(9-15)11-20-14(4)8-13(3)19-20/h6-9,12,18H,10-11H2,1-5H3. The van der Waals surface area contributed by atoms with Crippen LogP contribution >= 0.6 is 0 Å². The minimum atomic E-state index is 0.478. The summed E-state index contributed by atoms with van der Waals surface area (Å²) in [5, 5.41) is 7.97. The third kappa shape index (κ3) is 4.08. The number of methoxy groups -OCH3 is 1. The molecule has 0 saturated heterocycles. The zero-order valence-corrected chi connectivity index (χ0v) is 13.6. The Morgan fingerprint density at radius 3 is 2.57 bits per heavy atom. The van der Waals surface area contributed by atoms with Crippen LogP contribution in [-0.4, -0.2) is 22.9 Å². The first-order valence-corrected chi connectivity index (χ1v) is 7.40. The van der Waals surface area contributed by atoms with Crippen LogP contribution in [0.1, 0.15) is 36.4 Å². The summed E-state index contributed by atoms with van der Waals surface area (Å²) in [5.74, 6) is 0.913. The van der Waals surface area contributed by atoms with E-state index in [1.807, 2.05) is 17.7 Å². The van der Waals surface area contributed by atoms with Crippen LogP contribution < -0.4 is 10.1 Å². The van der Waals surface area contributed by atoms with Crippen molar-refractivity contribution in [2.75, 3.05) is 7.11 Å². The van der Waals surface area contributed by atoms with Gasteiger partial charge in [-0.05, 0) is 37.6 Å². The molecule has 0 radical (unpaired) electrons. The van der Waals surface area contributed by atoms with Crippen LogP contribution in [0, 0.1) is 13.8 Å². The van der Waals surface area contributed by atoms with Crippen LogP contribution in [0.2, 0.25) is 0 Å². The minimum absolute atomic E-state index is 0.478. The van der Waals surface area contributed by atoms with E-state index in [1.165, 1.54) is 11.3 Å². The lowest BCUT2D eigenvalue weighted by molar-refractivity contribution is 0.406. The molecular formula is C17H25N3O. The average molecular weight is 287 g/mol. The maximum absolute atomic E-state index is 5.48. The van der Waals surface area contributed by atoms with Gasteiger partial charge in [-0.1, -0.05) is 19.9 Å². The summed E-state index contributed by atoms with van der Waals surface area (Å²) in [6.07, 6.45) is 0. The maximum atomic E-state index is 5.48. The van der Waals surface area contributed by atoms with Crippen LogP contribution in [-0.2, 0) is 13.1 Å². The lowest BCUT2D eigenvalue weighted by Crippen LogP contribution is -2.21. The molecule has 0 saturated carbocycles. The Balaban J connectivity index is 2.23. The molecule has 114 valence electrons. The zero-order valence-electron chi connectivity index (χ0n) is 13.6. The van der Waals surface area contributed by atoms with E-state index in [0.717, 1.165) is 30.1 Å². The Hall–Kier alpha value is -1.81. The summed E-state index contributed by atoms with van der Waals surface area (Å²) in [5.41, 5.74) is 4.64. The minimum Gasteiger partial charge on any atom is -0.496 e. The number of aromatic nitrogens is 2. The van der Waals surface area contributed by atoms with Crippen molar-refractivity contribution in [1.29, 1.82) is 0 Å². The molecule has 0 bridgehead atoms. The Kier molecular flexibility index (Phi) is 5.02. The van der Waals surface area contributed by atoms with Crippen LogP contribution in [0.25, 0.3) is 0 Å². The molecule has 0 aliphatic carbocycles. The first kappa shape index (κ1) is 15.6. The van der Waals surface area contributed by atoms with Gasteiger partial charge in [0.15, 0.2) is 0 Å². The Labute approximate surface area is 127 Å². The van der Waals surface area contributed by atoms with Crippen LogP contribution in [0.5, 0.6) is 5.75 Å². The fraction of sp³-hybridized carbons (Fsp3) is 0.471. The second kappa shape index (κ2) is 6.76. The van der Waals surface area contributed by atoms with Gasteiger partial charge in [-0.3, -0.25) is 4.68 Å². The normalized spacial score (nSPS) is 11.1. The molecule has 0 aliphatic heterocycles. The van der Waals surface area contributed by atoms with Gasteiger partial charge in [-0.2, -0.15) is 5.10 Å². The number of rotatable bonds is 6. The first-order valence-electron chi connectivity index (χ1n) is 7.40. The van der Waals surface area contributed by atoms with Gasteiger partial charge >= 0.3 is 0 Å². The molecule has 0 spiro atoms. The van der Waals surface area contributed by atoms with E-state index in [2.05, 4.69) is 49.4 Å². The second-order valence-corrected chi connectivity index (χ2v) is 5.77. The molecule has 2 rings (SSSR count). The number of nitrogens with one attached hydrogen (secondary N) is 1. The fourth-order valence-corrected chi connectivity index (χ4v) is 2.38. The molecular weight excluding hydrogens is 262 g/mol. The molecule has 0 amide bonds. The van der Waals surface area contributed by atoms with E-state index < -0.39 is 0 Å². The molecule has 0 fully saturated rings. The first-order chi connectivity index (χ1) is 9.99. The van der Waals surface area contributed by atoms with Gasteiger partial charge in [0.2, 0.25) is 0 Å². The van der Waals surface area contributed by atoms with Gasteiger partial charge in [-0.25, -0.2) is 0 Å². The third-order valence-corrected chi connectivity index (χ3v) is 3.48. The highest BCUT2D eigenvalue weighted by atomic mass is 16.5. The van der Waals surface area contributed by atoms with E-state index in [1.54, 1.807) is 7.11 Å². The lowest BCUT2D eigenvalue weighted by atomic mass is 10.1. The number of hydrogen-bond acceptors (Lipinski definition) is 3. The zero-order chi connectivity index (χ0) is 15.4. The molecule has 2 aromatic rings. The van der Waals surface area contributed by atoms with Gasteiger partial charge in [0.05, 0.1) is 19.3 Å². The molecule has 21 heavy (non-hydrogen) atoms. The predicted molar refractivity (Wildman–Crippen MR) is 85.8 cm³/mol. The molecule has 1 aromatic carbocycles. The van der Waals surface area contributed by atoms with Crippen LogP contribution in [0.3, 0.4) is 0 Å². The Morgan fingerprint density at radius 2 is 2.00 bits per heavy atom. The smallest absolute Gasteiger partial charge is 0.123 e.